The fraction of sp³-hybridized carbons (Fsp3) is 0.406. The maximum atomic E-state index is 8.18. The highest BCUT2D eigenvalue weighted by Crippen LogP contribution is 2.41. The molecule has 0 spiro atoms. The summed E-state index contributed by atoms with van der Waals surface area (Å²) in [5, 5.41) is 9.76. The summed E-state index contributed by atoms with van der Waals surface area (Å²) < 4.78 is 6.43. The Morgan fingerprint density at radius 3 is 2.41 bits per heavy atom. The summed E-state index contributed by atoms with van der Waals surface area (Å²) in [4.78, 5) is 7.22. The van der Waals surface area contributed by atoms with Gasteiger partial charge in [-0.2, -0.15) is 0 Å². The number of likely N-dealkylation sites (tertiary alicyclic amines) is 1. The van der Waals surface area contributed by atoms with Crippen molar-refractivity contribution in [3.63, 3.8) is 0 Å². The topological polar surface area (TPSA) is 46.7 Å². The Balaban J connectivity index is 1.52. The number of piperidine rings is 1. The lowest BCUT2D eigenvalue weighted by Gasteiger charge is -2.26. The van der Waals surface area contributed by atoms with E-state index in [9.17, 15) is 0 Å². The maximum Gasteiger partial charge on any atom is 0.137 e. The Morgan fingerprint density at radius 1 is 0.892 bits per heavy atom. The predicted molar refractivity (Wildman–Crippen MR) is 154 cm³/mol. The number of nitrogens with one attached hydrogen (secondary N) is 1. The van der Waals surface area contributed by atoms with Crippen molar-refractivity contribution in [1.29, 1.82) is 5.41 Å². The van der Waals surface area contributed by atoms with E-state index in [-0.39, 0.29) is 0 Å². The number of hydrogen-bond acceptors (Lipinski definition) is 5. The van der Waals surface area contributed by atoms with Crippen molar-refractivity contribution in [2.75, 3.05) is 51.7 Å². The van der Waals surface area contributed by atoms with Crippen LogP contribution in [0.1, 0.15) is 38.2 Å². The molecule has 0 unspecified atom stereocenters. The molecule has 0 bridgehead atoms. The second-order valence-electron chi connectivity index (χ2n) is 10.6. The predicted octanol–water partition coefficient (Wildman–Crippen LogP) is 6.45. The van der Waals surface area contributed by atoms with Crippen LogP contribution in [0.5, 0.6) is 0 Å². The third-order valence-corrected chi connectivity index (χ3v) is 7.58. The van der Waals surface area contributed by atoms with E-state index in [0.717, 1.165) is 54.9 Å². The molecule has 2 aromatic rings. The first-order chi connectivity index (χ1) is 18.0. The SMILES string of the molecule is CCN(CCCN(C)C)c1ccc2c(-c3ccc(CN4CCCCC4)cc3)c3ccc(=N)cc-3oc2c1. The molecular weight excluding hydrogens is 456 g/mol. The van der Waals surface area contributed by atoms with Crippen LogP contribution in [0.2, 0.25) is 0 Å². The normalized spacial score (nSPS) is 14.6. The molecule has 1 fully saturated rings. The standard InChI is InChI=1S/C32H40N4O/c1-4-36(20-8-17-34(2)3)27-14-16-29-31(22-27)37-30-21-26(33)13-15-28(30)32(29)25-11-9-24(10-12-25)23-35-18-6-5-7-19-35/h9-16,21-22,33H,4-8,17-20,23H2,1-3H3. The second kappa shape index (κ2) is 11.5. The van der Waals surface area contributed by atoms with Crippen LogP contribution in [0, 0.1) is 5.41 Å². The zero-order valence-electron chi connectivity index (χ0n) is 22.6. The first kappa shape index (κ1) is 25.5. The van der Waals surface area contributed by atoms with Gasteiger partial charge < -0.3 is 19.6 Å². The largest absolute Gasteiger partial charge is 0.456 e. The number of rotatable bonds is 9. The molecule has 5 heteroatoms. The fourth-order valence-electron chi connectivity index (χ4n) is 5.59. The summed E-state index contributed by atoms with van der Waals surface area (Å²) in [6, 6.07) is 21.4. The first-order valence-electron chi connectivity index (χ1n) is 13.8. The van der Waals surface area contributed by atoms with Crippen molar-refractivity contribution < 1.29 is 4.42 Å². The molecule has 0 atom stereocenters. The number of fused-ring (bicyclic) bond motifs is 2. The van der Waals surface area contributed by atoms with Gasteiger partial charge in [0.25, 0.3) is 0 Å². The lowest BCUT2D eigenvalue weighted by molar-refractivity contribution is 0.221. The van der Waals surface area contributed by atoms with Gasteiger partial charge in [0.15, 0.2) is 0 Å². The van der Waals surface area contributed by atoms with Gasteiger partial charge in [-0.3, -0.25) is 4.90 Å². The zero-order valence-corrected chi connectivity index (χ0v) is 22.6. The highest BCUT2D eigenvalue weighted by molar-refractivity contribution is 6.02. The third kappa shape index (κ3) is 5.89. The Kier molecular flexibility index (Phi) is 7.92. The second-order valence-corrected chi connectivity index (χ2v) is 10.6. The van der Waals surface area contributed by atoms with E-state index in [1.165, 1.54) is 54.7 Å². The molecule has 2 aliphatic heterocycles. The summed E-state index contributed by atoms with van der Waals surface area (Å²) in [5.74, 6) is 0.764. The lowest BCUT2D eigenvalue weighted by Crippen LogP contribution is -2.28. The monoisotopic (exact) mass is 496 g/mol. The molecule has 1 saturated heterocycles. The van der Waals surface area contributed by atoms with E-state index >= 15 is 0 Å². The molecule has 5 nitrogen and oxygen atoms in total. The number of hydrogen-bond donors (Lipinski definition) is 1. The quantitative estimate of drug-likeness (QED) is 0.271. The van der Waals surface area contributed by atoms with Gasteiger partial charge >= 0.3 is 0 Å². The van der Waals surface area contributed by atoms with E-state index < -0.39 is 0 Å². The number of anilines is 1. The summed E-state index contributed by atoms with van der Waals surface area (Å²) >= 11 is 0. The van der Waals surface area contributed by atoms with E-state index in [1.54, 1.807) is 0 Å². The van der Waals surface area contributed by atoms with Crippen LogP contribution >= 0.6 is 0 Å². The van der Waals surface area contributed by atoms with Gasteiger partial charge in [0.2, 0.25) is 0 Å². The van der Waals surface area contributed by atoms with Gasteiger partial charge in [-0.1, -0.05) is 30.7 Å². The summed E-state index contributed by atoms with van der Waals surface area (Å²) in [6.45, 7) is 8.69. The molecule has 2 aromatic carbocycles. The smallest absolute Gasteiger partial charge is 0.137 e. The van der Waals surface area contributed by atoms with Gasteiger partial charge in [0.1, 0.15) is 11.3 Å². The third-order valence-electron chi connectivity index (χ3n) is 7.58. The van der Waals surface area contributed by atoms with Crippen molar-refractivity contribution in [2.24, 2.45) is 0 Å². The molecule has 0 aromatic heterocycles. The molecule has 37 heavy (non-hydrogen) atoms. The van der Waals surface area contributed by atoms with Gasteiger partial charge in [0.05, 0.1) is 5.36 Å². The summed E-state index contributed by atoms with van der Waals surface area (Å²) in [5.41, 5.74) is 6.85. The summed E-state index contributed by atoms with van der Waals surface area (Å²) in [7, 11) is 4.25. The molecule has 0 radical (unpaired) electrons. The minimum absolute atomic E-state index is 0.466. The average molecular weight is 497 g/mol. The van der Waals surface area contributed by atoms with Crippen LogP contribution in [0.15, 0.2) is 65.1 Å². The van der Waals surface area contributed by atoms with Crippen molar-refractivity contribution in [2.45, 2.75) is 39.2 Å². The minimum Gasteiger partial charge on any atom is -0.456 e. The molecule has 194 valence electrons. The molecule has 1 N–H and O–H groups in total. The Labute approximate surface area is 221 Å². The molecular formula is C32H40N4O. The van der Waals surface area contributed by atoms with Gasteiger partial charge in [-0.15, -0.1) is 0 Å². The van der Waals surface area contributed by atoms with Crippen LogP contribution in [-0.4, -0.2) is 56.6 Å². The highest BCUT2D eigenvalue weighted by Gasteiger charge is 2.18. The maximum absolute atomic E-state index is 8.18. The molecule has 1 aliphatic carbocycles. The van der Waals surface area contributed by atoms with Crippen molar-refractivity contribution >= 4 is 16.7 Å². The fourth-order valence-corrected chi connectivity index (χ4v) is 5.59. The van der Waals surface area contributed by atoms with Gasteiger partial charge in [-0.05, 0) is 95.3 Å². The Morgan fingerprint density at radius 2 is 1.68 bits per heavy atom. The lowest BCUT2D eigenvalue weighted by atomic mass is 9.93. The van der Waals surface area contributed by atoms with E-state index in [1.807, 2.05) is 18.2 Å². The minimum atomic E-state index is 0.466. The van der Waals surface area contributed by atoms with Crippen LogP contribution < -0.4 is 10.3 Å². The van der Waals surface area contributed by atoms with E-state index in [2.05, 4.69) is 78.2 Å². The van der Waals surface area contributed by atoms with Crippen molar-refractivity contribution in [3.8, 4) is 22.5 Å². The molecule has 0 amide bonds. The van der Waals surface area contributed by atoms with Crippen LogP contribution in [0.25, 0.3) is 33.4 Å². The Hall–Kier alpha value is -3.15. The van der Waals surface area contributed by atoms with E-state index in [4.69, 9.17) is 9.83 Å². The van der Waals surface area contributed by atoms with Gasteiger partial charge in [0, 0.05) is 54.0 Å². The van der Waals surface area contributed by atoms with Crippen LogP contribution in [0.3, 0.4) is 0 Å². The first-order valence-corrected chi connectivity index (χ1v) is 13.8. The van der Waals surface area contributed by atoms with Crippen LogP contribution in [0.4, 0.5) is 5.69 Å². The van der Waals surface area contributed by atoms with Crippen LogP contribution in [-0.2, 0) is 6.54 Å². The molecule has 3 aliphatic rings. The number of nitrogens with zero attached hydrogens (tertiary/aromatic N) is 3. The van der Waals surface area contributed by atoms with Crippen molar-refractivity contribution in [1.82, 2.24) is 9.80 Å². The molecule has 0 saturated carbocycles. The highest BCUT2D eigenvalue weighted by atomic mass is 16.3. The Bertz CT molecular complexity index is 1350. The zero-order chi connectivity index (χ0) is 25.8. The van der Waals surface area contributed by atoms with E-state index in [0.29, 0.717) is 5.36 Å². The van der Waals surface area contributed by atoms with Gasteiger partial charge in [-0.25, -0.2) is 0 Å². The average Bonchev–Trinajstić information content (AvgIpc) is 2.90. The van der Waals surface area contributed by atoms with Crippen molar-refractivity contribution in [3.05, 3.63) is 71.6 Å². The summed E-state index contributed by atoms with van der Waals surface area (Å²) in [6.07, 6.45) is 5.11. The number of benzene rings is 3. The molecule has 5 rings (SSSR count). The molecule has 2 heterocycles.